The molecule has 1 aliphatic rings. The van der Waals surface area contributed by atoms with Crippen LogP contribution in [0.3, 0.4) is 0 Å². The van der Waals surface area contributed by atoms with Crippen LogP contribution < -0.4 is 0 Å². The number of ketones is 1. The van der Waals surface area contributed by atoms with E-state index in [4.69, 9.17) is 4.74 Å². The van der Waals surface area contributed by atoms with E-state index in [2.05, 4.69) is 28.7 Å². The van der Waals surface area contributed by atoms with Gasteiger partial charge in [-0.3, -0.25) is 14.6 Å². The van der Waals surface area contributed by atoms with E-state index in [1.807, 2.05) is 0 Å². The molecule has 1 aliphatic heterocycles. The number of Topliss-reactive ketones (excluding diaryl/α,β-unsaturated/α-hetero) is 1. The normalized spacial score (nSPS) is 17.6. The SMILES string of the molecule is CCN(CC)CCCN1C(=O)C(=O)C(=C(O)c2c(C)[nH]c(C(=O)OC)c2C)[C@H]1c1ccncc1. The fourth-order valence-corrected chi connectivity index (χ4v) is 4.55. The number of rotatable bonds is 9. The van der Waals surface area contributed by atoms with Crippen molar-refractivity contribution in [2.24, 2.45) is 0 Å². The van der Waals surface area contributed by atoms with Crippen molar-refractivity contribution in [3.63, 3.8) is 0 Å². The van der Waals surface area contributed by atoms with E-state index in [0.717, 1.165) is 19.6 Å². The number of nitrogens with zero attached hydrogens (tertiary/aromatic N) is 3. The lowest BCUT2D eigenvalue weighted by Gasteiger charge is -2.26. The highest BCUT2D eigenvalue weighted by Crippen LogP contribution is 2.40. The monoisotopic (exact) mass is 468 g/mol. The van der Waals surface area contributed by atoms with Gasteiger partial charge in [-0.15, -0.1) is 0 Å². The second-order valence-electron chi connectivity index (χ2n) is 8.27. The number of ether oxygens (including phenoxy) is 1. The molecule has 1 saturated heterocycles. The molecule has 0 unspecified atom stereocenters. The third-order valence-corrected chi connectivity index (χ3v) is 6.39. The molecule has 0 aliphatic carbocycles. The van der Waals surface area contributed by atoms with Gasteiger partial charge in [-0.05, 0) is 63.2 Å². The maximum absolute atomic E-state index is 13.2. The molecule has 182 valence electrons. The quantitative estimate of drug-likeness (QED) is 0.252. The minimum absolute atomic E-state index is 0.000606. The van der Waals surface area contributed by atoms with Crippen LogP contribution in [0.5, 0.6) is 0 Å². The molecule has 9 heteroatoms. The molecule has 2 aromatic rings. The lowest BCUT2D eigenvalue weighted by molar-refractivity contribution is -0.140. The topological polar surface area (TPSA) is 116 Å². The zero-order chi connectivity index (χ0) is 25.0. The Bertz CT molecular complexity index is 1100. The van der Waals surface area contributed by atoms with E-state index in [1.165, 1.54) is 12.0 Å². The average Bonchev–Trinajstić information content (AvgIpc) is 3.28. The van der Waals surface area contributed by atoms with Gasteiger partial charge in [0.2, 0.25) is 0 Å². The highest BCUT2D eigenvalue weighted by atomic mass is 16.5. The van der Waals surface area contributed by atoms with E-state index in [0.29, 0.717) is 35.3 Å². The van der Waals surface area contributed by atoms with Gasteiger partial charge >= 0.3 is 5.97 Å². The van der Waals surface area contributed by atoms with E-state index >= 15 is 0 Å². The van der Waals surface area contributed by atoms with Crippen LogP contribution in [-0.2, 0) is 14.3 Å². The molecule has 9 nitrogen and oxygen atoms in total. The minimum Gasteiger partial charge on any atom is -0.507 e. The van der Waals surface area contributed by atoms with Gasteiger partial charge in [-0.2, -0.15) is 0 Å². The fraction of sp³-hybridized carbons (Fsp3) is 0.440. The Kier molecular flexibility index (Phi) is 7.88. The standard InChI is InChI=1S/C25H32N4O5/c1-6-28(7-2)13-8-14-29-21(17-9-11-26-12-10-17)19(23(31)24(29)32)22(30)18-15(3)20(25(33)34-5)27-16(18)4/h9-12,21,27,30H,6-8,13-14H2,1-5H3/t21-/m1/s1. The number of aryl methyl sites for hydroxylation is 1. The first-order valence-electron chi connectivity index (χ1n) is 11.4. The van der Waals surface area contributed by atoms with Crippen LogP contribution in [0.2, 0.25) is 0 Å². The van der Waals surface area contributed by atoms with Gasteiger partial charge < -0.3 is 24.6 Å². The summed E-state index contributed by atoms with van der Waals surface area (Å²) < 4.78 is 4.81. The van der Waals surface area contributed by atoms with Gasteiger partial charge in [-0.25, -0.2) is 4.79 Å². The van der Waals surface area contributed by atoms with Crippen molar-refractivity contribution in [2.45, 2.75) is 40.2 Å². The number of amides is 1. The first-order valence-corrected chi connectivity index (χ1v) is 11.4. The number of H-pyrrole nitrogens is 1. The molecule has 1 fully saturated rings. The van der Waals surface area contributed by atoms with Crippen molar-refractivity contribution < 1.29 is 24.2 Å². The van der Waals surface area contributed by atoms with Crippen molar-refractivity contribution in [3.05, 3.63) is 58.2 Å². The molecule has 0 radical (unpaired) electrons. The second-order valence-corrected chi connectivity index (χ2v) is 8.27. The Morgan fingerprint density at radius 2 is 1.85 bits per heavy atom. The summed E-state index contributed by atoms with van der Waals surface area (Å²) >= 11 is 0. The Hall–Kier alpha value is -3.46. The minimum atomic E-state index is -0.755. The molecule has 2 aromatic heterocycles. The highest BCUT2D eigenvalue weighted by molar-refractivity contribution is 6.46. The summed E-state index contributed by atoms with van der Waals surface area (Å²) in [7, 11) is 1.27. The number of aromatic amines is 1. The van der Waals surface area contributed by atoms with Crippen LogP contribution in [0.4, 0.5) is 0 Å². The Labute approximate surface area is 199 Å². The predicted molar refractivity (Wildman–Crippen MR) is 127 cm³/mol. The number of nitrogens with one attached hydrogen (secondary N) is 1. The van der Waals surface area contributed by atoms with Crippen LogP contribution in [0, 0.1) is 13.8 Å². The molecular weight excluding hydrogens is 436 g/mol. The summed E-state index contributed by atoms with van der Waals surface area (Å²) in [5.74, 6) is -2.29. The van der Waals surface area contributed by atoms with Crippen LogP contribution >= 0.6 is 0 Å². The number of methoxy groups -OCH3 is 1. The molecule has 34 heavy (non-hydrogen) atoms. The van der Waals surface area contributed by atoms with Crippen molar-refractivity contribution in [3.8, 4) is 0 Å². The Balaban J connectivity index is 2.09. The molecule has 0 bridgehead atoms. The molecule has 3 rings (SSSR count). The highest BCUT2D eigenvalue weighted by Gasteiger charge is 2.46. The Morgan fingerprint density at radius 3 is 2.44 bits per heavy atom. The van der Waals surface area contributed by atoms with Crippen LogP contribution in [0.1, 0.15) is 59.2 Å². The van der Waals surface area contributed by atoms with E-state index in [1.54, 1.807) is 38.4 Å². The molecule has 3 heterocycles. The zero-order valence-corrected chi connectivity index (χ0v) is 20.3. The first-order chi connectivity index (χ1) is 16.3. The van der Waals surface area contributed by atoms with Crippen molar-refractivity contribution in [2.75, 3.05) is 33.3 Å². The lowest BCUT2D eigenvalue weighted by atomic mass is 9.94. The Morgan fingerprint density at radius 1 is 1.21 bits per heavy atom. The molecule has 2 N–H and O–H groups in total. The zero-order valence-electron chi connectivity index (χ0n) is 20.3. The smallest absolute Gasteiger partial charge is 0.354 e. The number of carbonyl (C=O) groups excluding carboxylic acids is 3. The molecule has 1 amide bonds. The number of likely N-dealkylation sites (tertiary alicyclic amines) is 1. The maximum Gasteiger partial charge on any atom is 0.354 e. The third-order valence-electron chi connectivity index (χ3n) is 6.39. The summed E-state index contributed by atoms with van der Waals surface area (Å²) in [4.78, 5) is 49.2. The maximum atomic E-state index is 13.2. The number of aromatic nitrogens is 2. The van der Waals surface area contributed by atoms with E-state index in [9.17, 15) is 19.5 Å². The van der Waals surface area contributed by atoms with Crippen molar-refractivity contribution in [1.29, 1.82) is 0 Å². The molecule has 0 aromatic carbocycles. The number of aliphatic hydroxyl groups excluding tert-OH is 1. The number of hydrogen-bond acceptors (Lipinski definition) is 7. The van der Waals surface area contributed by atoms with Crippen LogP contribution in [0.25, 0.3) is 5.76 Å². The molecule has 0 spiro atoms. The summed E-state index contributed by atoms with van der Waals surface area (Å²) in [6, 6.07) is 2.71. The van der Waals surface area contributed by atoms with Crippen molar-refractivity contribution >= 4 is 23.4 Å². The number of pyridine rings is 1. The van der Waals surface area contributed by atoms with Gasteiger partial charge in [0.15, 0.2) is 0 Å². The fourth-order valence-electron chi connectivity index (χ4n) is 4.55. The lowest BCUT2D eigenvalue weighted by Crippen LogP contribution is -2.33. The first kappa shape index (κ1) is 25.2. The second kappa shape index (κ2) is 10.6. The van der Waals surface area contributed by atoms with Gasteiger partial charge in [0.1, 0.15) is 11.5 Å². The molecular formula is C25H32N4O5. The number of aliphatic hydroxyl groups is 1. The summed E-state index contributed by atoms with van der Waals surface area (Å²) in [6.45, 7) is 10.5. The third kappa shape index (κ3) is 4.61. The number of hydrogen-bond donors (Lipinski definition) is 2. The van der Waals surface area contributed by atoms with E-state index in [-0.39, 0.29) is 17.0 Å². The summed E-state index contributed by atoms with van der Waals surface area (Å²) in [5, 5.41) is 11.4. The van der Waals surface area contributed by atoms with Crippen LogP contribution in [-0.4, -0.2) is 75.8 Å². The predicted octanol–water partition coefficient (Wildman–Crippen LogP) is 2.97. The van der Waals surface area contributed by atoms with Gasteiger partial charge in [0.05, 0.1) is 18.7 Å². The van der Waals surface area contributed by atoms with Gasteiger partial charge in [0, 0.05) is 30.2 Å². The van der Waals surface area contributed by atoms with Crippen molar-refractivity contribution in [1.82, 2.24) is 19.8 Å². The average molecular weight is 469 g/mol. The number of esters is 1. The number of carbonyl (C=O) groups is 3. The molecule has 1 atom stereocenters. The van der Waals surface area contributed by atoms with E-state index < -0.39 is 23.7 Å². The summed E-state index contributed by atoms with van der Waals surface area (Å²) in [5.41, 5.74) is 2.13. The molecule has 0 saturated carbocycles. The van der Waals surface area contributed by atoms with Gasteiger partial charge in [-0.1, -0.05) is 13.8 Å². The largest absolute Gasteiger partial charge is 0.507 e. The summed E-state index contributed by atoms with van der Waals surface area (Å²) in [6.07, 6.45) is 3.87. The van der Waals surface area contributed by atoms with Gasteiger partial charge in [0.25, 0.3) is 11.7 Å². The van der Waals surface area contributed by atoms with Crippen LogP contribution in [0.15, 0.2) is 30.1 Å².